The monoisotopic (exact) mass is 577 g/mol. The molecule has 1 heterocycles. The van der Waals surface area contributed by atoms with E-state index in [0.29, 0.717) is 41.4 Å². The number of para-hydroxylation sites is 1. The van der Waals surface area contributed by atoms with Gasteiger partial charge in [-0.1, -0.05) is 26.0 Å². The van der Waals surface area contributed by atoms with E-state index in [0.717, 1.165) is 32.5 Å². The Labute approximate surface area is 231 Å². The number of nitrogens with zero attached hydrogens (tertiary/aromatic N) is 3. The first-order valence-corrected chi connectivity index (χ1v) is 13.4. The minimum absolute atomic E-state index is 0.215. The fourth-order valence-electron chi connectivity index (χ4n) is 4.27. The number of ether oxygens (including phenoxy) is 3. The van der Waals surface area contributed by atoms with E-state index in [1.165, 1.54) is 4.68 Å². The molecule has 0 saturated heterocycles. The Hall–Kier alpha value is -3.65. The van der Waals surface area contributed by atoms with Crippen molar-refractivity contribution in [3.63, 3.8) is 0 Å². The van der Waals surface area contributed by atoms with E-state index in [9.17, 15) is 4.79 Å². The van der Waals surface area contributed by atoms with Crippen LogP contribution in [0, 0.1) is 6.92 Å². The summed E-state index contributed by atoms with van der Waals surface area (Å²) in [6.45, 7) is 11.2. The quantitative estimate of drug-likeness (QED) is 0.201. The van der Waals surface area contributed by atoms with Crippen molar-refractivity contribution in [2.75, 3.05) is 20.3 Å². The summed E-state index contributed by atoms with van der Waals surface area (Å²) in [6, 6.07) is 15.0. The van der Waals surface area contributed by atoms with Crippen LogP contribution >= 0.6 is 15.9 Å². The van der Waals surface area contributed by atoms with Gasteiger partial charge in [0.1, 0.15) is 5.75 Å². The number of hydrogen-bond acceptors (Lipinski definition) is 6. The highest BCUT2D eigenvalue weighted by Crippen LogP contribution is 2.35. The summed E-state index contributed by atoms with van der Waals surface area (Å²) in [7, 11) is 1.59. The maximum Gasteiger partial charge on any atom is 0.282 e. The number of rotatable bonds is 9. The van der Waals surface area contributed by atoms with Crippen LogP contribution in [0.4, 0.5) is 0 Å². The first-order valence-electron chi connectivity index (χ1n) is 12.6. The topological polar surface area (TPSA) is 74.9 Å². The van der Waals surface area contributed by atoms with Crippen LogP contribution in [0.25, 0.3) is 22.3 Å². The van der Waals surface area contributed by atoms with Gasteiger partial charge < -0.3 is 14.2 Å². The normalized spacial score (nSPS) is 11.5. The zero-order chi connectivity index (χ0) is 27.4. The van der Waals surface area contributed by atoms with Gasteiger partial charge in [0.15, 0.2) is 17.3 Å². The van der Waals surface area contributed by atoms with Gasteiger partial charge in [-0.05, 0) is 90.1 Å². The first-order chi connectivity index (χ1) is 18.3. The van der Waals surface area contributed by atoms with Gasteiger partial charge in [-0.3, -0.25) is 4.79 Å². The predicted molar refractivity (Wildman–Crippen MR) is 156 cm³/mol. The number of fused-ring (bicyclic) bond motifs is 1. The average molecular weight is 579 g/mol. The Bertz CT molecular complexity index is 1560. The zero-order valence-corrected chi connectivity index (χ0v) is 24.1. The van der Waals surface area contributed by atoms with E-state index >= 15 is 0 Å². The SMILES string of the molecule is CCOc1cc(C=Nn2c(-c3cc(C(C)C)c(OCC)cc3C)nc3ccccc3c2=O)c(Br)cc1OC. The van der Waals surface area contributed by atoms with Crippen molar-refractivity contribution in [3.05, 3.63) is 80.0 Å². The first kappa shape index (κ1) is 27.4. The number of benzene rings is 3. The van der Waals surface area contributed by atoms with E-state index in [-0.39, 0.29) is 11.5 Å². The predicted octanol–water partition coefficient (Wildman–Crippen LogP) is 6.95. The lowest BCUT2D eigenvalue weighted by Gasteiger charge is -2.18. The summed E-state index contributed by atoms with van der Waals surface area (Å²) < 4.78 is 19.2. The van der Waals surface area contributed by atoms with Crippen molar-refractivity contribution in [2.45, 2.75) is 40.5 Å². The molecule has 0 atom stereocenters. The van der Waals surface area contributed by atoms with Crippen molar-refractivity contribution >= 4 is 33.0 Å². The number of aromatic nitrogens is 2. The molecule has 0 aliphatic rings. The van der Waals surface area contributed by atoms with Crippen LogP contribution in [0.15, 0.2) is 62.9 Å². The standard InChI is InChI=1S/C30H32BrN3O4/c1-7-37-26-13-19(5)23(15-22(26)18(3)4)29-33-25-12-10-9-11-21(25)30(35)34(29)32-17-20-14-28(38-8-2)27(36-6)16-24(20)31/h9-18H,7-8H2,1-6H3. The van der Waals surface area contributed by atoms with Gasteiger partial charge in [0.25, 0.3) is 5.56 Å². The second kappa shape index (κ2) is 11.8. The van der Waals surface area contributed by atoms with Crippen molar-refractivity contribution < 1.29 is 14.2 Å². The Morgan fingerprint density at radius 1 is 1.03 bits per heavy atom. The summed E-state index contributed by atoms with van der Waals surface area (Å²) >= 11 is 3.58. The van der Waals surface area contributed by atoms with Crippen molar-refractivity contribution in [1.82, 2.24) is 9.66 Å². The lowest BCUT2D eigenvalue weighted by atomic mass is 9.96. The van der Waals surface area contributed by atoms with Crippen LogP contribution in [-0.4, -0.2) is 36.2 Å². The smallest absolute Gasteiger partial charge is 0.282 e. The van der Waals surface area contributed by atoms with E-state index < -0.39 is 0 Å². The lowest BCUT2D eigenvalue weighted by Crippen LogP contribution is -2.21. The molecule has 7 nitrogen and oxygen atoms in total. The van der Waals surface area contributed by atoms with Crippen LogP contribution in [-0.2, 0) is 0 Å². The third kappa shape index (κ3) is 5.45. The molecule has 198 valence electrons. The summed E-state index contributed by atoms with van der Waals surface area (Å²) in [4.78, 5) is 18.6. The number of methoxy groups -OCH3 is 1. The highest BCUT2D eigenvalue weighted by molar-refractivity contribution is 9.10. The van der Waals surface area contributed by atoms with Crippen LogP contribution in [0.1, 0.15) is 50.3 Å². The molecule has 3 aromatic carbocycles. The van der Waals surface area contributed by atoms with E-state index in [4.69, 9.17) is 19.2 Å². The maximum atomic E-state index is 13.7. The molecule has 8 heteroatoms. The fraction of sp³-hybridized carbons (Fsp3) is 0.300. The van der Waals surface area contributed by atoms with E-state index in [1.807, 2.05) is 57.2 Å². The van der Waals surface area contributed by atoms with E-state index in [2.05, 4.69) is 40.9 Å². The molecule has 0 amide bonds. The van der Waals surface area contributed by atoms with E-state index in [1.54, 1.807) is 19.4 Å². The average Bonchev–Trinajstić information content (AvgIpc) is 2.89. The number of halogens is 1. The minimum Gasteiger partial charge on any atom is -0.494 e. The van der Waals surface area contributed by atoms with Crippen LogP contribution in [0.3, 0.4) is 0 Å². The molecule has 0 N–H and O–H groups in total. The second-order valence-corrected chi connectivity index (χ2v) is 9.92. The molecule has 0 unspecified atom stereocenters. The van der Waals surface area contributed by atoms with Crippen molar-refractivity contribution in [2.24, 2.45) is 5.10 Å². The molecule has 0 radical (unpaired) electrons. The summed E-state index contributed by atoms with van der Waals surface area (Å²) in [5.74, 6) is 2.71. The fourth-order valence-corrected chi connectivity index (χ4v) is 4.70. The van der Waals surface area contributed by atoms with Gasteiger partial charge in [0, 0.05) is 15.6 Å². The number of aryl methyl sites for hydroxylation is 1. The van der Waals surface area contributed by atoms with Gasteiger partial charge in [0.05, 0.1) is 37.4 Å². The molecule has 0 fully saturated rings. The Kier molecular flexibility index (Phi) is 8.52. The number of hydrogen-bond donors (Lipinski definition) is 0. The molecule has 0 aliphatic carbocycles. The third-order valence-corrected chi connectivity index (χ3v) is 6.86. The van der Waals surface area contributed by atoms with Crippen molar-refractivity contribution in [3.8, 4) is 28.6 Å². The molecule has 1 aromatic heterocycles. The molecular weight excluding hydrogens is 546 g/mol. The summed E-state index contributed by atoms with van der Waals surface area (Å²) in [5.41, 5.74) is 3.89. The van der Waals surface area contributed by atoms with Gasteiger partial charge in [0.2, 0.25) is 0 Å². The molecule has 4 aromatic rings. The lowest BCUT2D eigenvalue weighted by molar-refractivity contribution is 0.311. The van der Waals surface area contributed by atoms with Gasteiger partial charge in [-0.2, -0.15) is 9.78 Å². The van der Waals surface area contributed by atoms with Gasteiger partial charge >= 0.3 is 0 Å². The molecule has 4 rings (SSSR count). The Balaban J connectivity index is 1.96. The molecule has 0 aliphatic heterocycles. The molecule has 0 bridgehead atoms. The highest BCUT2D eigenvalue weighted by atomic mass is 79.9. The molecular formula is C30H32BrN3O4. The van der Waals surface area contributed by atoms with Gasteiger partial charge in [-0.15, -0.1) is 0 Å². The van der Waals surface area contributed by atoms with Crippen LogP contribution < -0.4 is 19.8 Å². The Morgan fingerprint density at radius 2 is 1.74 bits per heavy atom. The molecule has 0 spiro atoms. The highest BCUT2D eigenvalue weighted by Gasteiger charge is 2.19. The minimum atomic E-state index is -0.254. The molecule has 0 saturated carbocycles. The van der Waals surface area contributed by atoms with Crippen LogP contribution in [0.5, 0.6) is 17.2 Å². The third-order valence-electron chi connectivity index (χ3n) is 6.17. The summed E-state index contributed by atoms with van der Waals surface area (Å²) in [5, 5.41) is 5.14. The Morgan fingerprint density at radius 3 is 2.42 bits per heavy atom. The van der Waals surface area contributed by atoms with Gasteiger partial charge in [-0.25, -0.2) is 4.98 Å². The molecule has 38 heavy (non-hydrogen) atoms. The summed E-state index contributed by atoms with van der Waals surface area (Å²) in [6.07, 6.45) is 1.63. The second-order valence-electron chi connectivity index (χ2n) is 9.06. The van der Waals surface area contributed by atoms with Crippen molar-refractivity contribution in [1.29, 1.82) is 0 Å². The van der Waals surface area contributed by atoms with Crippen LogP contribution in [0.2, 0.25) is 0 Å². The largest absolute Gasteiger partial charge is 0.494 e. The maximum absolute atomic E-state index is 13.7. The zero-order valence-electron chi connectivity index (χ0n) is 22.5.